The Hall–Kier alpha value is -2.32. The molecule has 0 heterocycles. The van der Waals surface area contributed by atoms with E-state index in [1.54, 1.807) is 0 Å². The van der Waals surface area contributed by atoms with Crippen LogP contribution in [0.3, 0.4) is 0 Å². The third-order valence-electron chi connectivity index (χ3n) is 3.15. The van der Waals surface area contributed by atoms with Crippen LogP contribution < -0.4 is 0 Å². The monoisotopic (exact) mass is 234 g/mol. The average molecular weight is 234 g/mol. The van der Waals surface area contributed by atoms with Crippen LogP contribution in [-0.4, -0.2) is 0 Å². The molecule has 0 aliphatic rings. The fourth-order valence-corrected chi connectivity index (χ4v) is 2.21. The fraction of sp³-hybridized carbons (Fsp3) is 0.250. The Morgan fingerprint density at radius 2 is 1.78 bits per heavy atom. The maximum absolute atomic E-state index is 9.30. The summed E-state index contributed by atoms with van der Waals surface area (Å²) in [6, 6.07) is 14.2. The van der Waals surface area contributed by atoms with Gasteiger partial charge in [-0.3, -0.25) is 0 Å². The molecular formula is C16H14N2. The van der Waals surface area contributed by atoms with Gasteiger partial charge in [0.15, 0.2) is 0 Å². The minimum absolute atomic E-state index is 0.515. The number of fused-ring (bicyclic) bond motifs is 1. The summed E-state index contributed by atoms with van der Waals surface area (Å²) in [7, 11) is 0. The molecule has 0 saturated carbocycles. The van der Waals surface area contributed by atoms with E-state index in [4.69, 9.17) is 0 Å². The summed E-state index contributed by atoms with van der Waals surface area (Å²) < 4.78 is 0. The number of nitriles is 2. The van der Waals surface area contributed by atoms with Crippen LogP contribution >= 0.6 is 0 Å². The molecule has 18 heavy (non-hydrogen) atoms. The van der Waals surface area contributed by atoms with Crippen molar-refractivity contribution in [2.75, 3.05) is 0 Å². The predicted molar refractivity (Wildman–Crippen MR) is 72.0 cm³/mol. The number of rotatable bonds is 3. The zero-order valence-corrected chi connectivity index (χ0v) is 10.4. The van der Waals surface area contributed by atoms with E-state index in [1.807, 2.05) is 30.3 Å². The van der Waals surface area contributed by atoms with Gasteiger partial charge >= 0.3 is 0 Å². The van der Waals surface area contributed by atoms with Crippen molar-refractivity contribution in [2.45, 2.75) is 26.2 Å². The first-order valence-corrected chi connectivity index (χ1v) is 6.16. The Balaban J connectivity index is 2.72. The normalized spacial score (nSPS) is 9.94. The SMILES string of the molecule is CCCCc1cc2ccccc2c(C#N)c1C#N. The lowest BCUT2D eigenvalue weighted by molar-refractivity contribution is 0.794. The molecule has 2 nitrogen and oxygen atoms in total. The second-order valence-electron chi connectivity index (χ2n) is 4.33. The zero-order chi connectivity index (χ0) is 13.0. The summed E-state index contributed by atoms with van der Waals surface area (Å²) in [6.45, 7) is 2.12. The topological polar surface area (TPSA) is 47.6 Å². The third kappa shape index (κ3) is 2.06. The van der Waals surface area contributed by atoms with Crippen molar-refractivity contribution in [1.82, 2.24) is 0 Å². The summed E-state index contributed by atoms with van der Waals surface area (Å²) in [5, 5.41) is 20.5. The lowest BCUT2D eigenvalue weighted by Gasteiger charge is -2.08. The molecule has 0 aliphatic heterocycles. The second-order valence-corrected chi connectivity index (χ2v) is 4.33. The standard InChI is InChI=1S/C16H14N2/c1-2-3-6-13-9-12-7-4-5-8-14(12)16(11-18)15(13)10-17/h4-5,7-9H,2-3,6H2,1H3. The summed E-state index contributed by atoms with van der Waals surface area (Å²) in [5.41, 5.74) is 2.06. The maximum Gasteiger partial charge on any atom is 0.101 e. The molecule has 0 bridgehead atoms. The Kier molecular flexibility index (Phi) is 3.60. The molecule has 0 spiro atoms. The molecule has 0 saturated heterocycles. The summed E-state index contributed by atoms with van der Waals surface area (Å²) in [4.78, 5) is 0. The number of unbranched alkanes of at least 4 members (excludes halogenated alkanes) is 1. The van der Waals surface area contributed by atoms with Gasteiger partial charge in [-0.1, -0.05) is 37.6 Å². The molecule has 2 aromatic carbocycles. The number of benzene rings is 2. The Bertz CT molecular complexity index is 657. The van der Waals surface area contributed by atoms with Crippen LogP contribution in [0.1, 0.15) is 36.5 Å². The first-order valence-electron chi connectivity index (χ1n) is 6.16. The first kappa shape index (κ1) is 12.1. The van der Waals surface area contributed by atoms with Crippen LogP contribution in [0.5, 0.6) is 0 Å². The number of nitrogens with zero attached hydrogens (tertiary/aromatic N) is 2. The van der Waals surface area contributed by atoms with Crippen molar-refractivity contribution in [3.8, 4) is 12.1 Å². The van der Waals surface area contributed by atoms with Gasteiger partial charge in [0.05, 0.1) is 11.1 Å². The van der Waals surface area contributed by atoms with Crippen molar-refractivity contribution >= 4 is 10.8 Å². The average Bonchev–Trinajstić information content (AvgIpc) is 2.43. The van der Waals surface area contributed by atoms with Gasteiger partial charge in [-0.2, -0.15) is 10.5 Å². The molecule has 0 aromatic heterocycles. The van der Waals surface area contributed by atoms with Crippen molar-refractivity contribution in [3.05, 3.63) is 47.0 Å². The van der Waals surface area contributed by atoms with Gasteiger partial charge in [-0.25, -0.2) is 0 Å². The van der Waals surface area contributed by atoms with E-state index in [2.05, 4.69) is 19.1 Å². The van der Waals surface area contributed by atoms with E-state index in [1.165, 1.54) is 0 Å². The summed E-state index contributed by atoms with van der Waals surface area (Å²) in [6.07, 6.45) is 2.98. The van der Waals surface area contributed by atoms with Crippen LogP contribution in [0.15, 0.2) is 30.3 Å². The van der Waals surface area contributed by atoms with E-state index in [9.17, 15) is 10.5 Å². The molecular weight excluding hydrogens is 220 g/mol. The van der Waals surface area contributed by atoms with Crippen LogP contribution in [0, 0.1) is 22.7 Å². The van der Waals surface area contributed by atoms with Crippen LogP contribution in [0.25, 0.3) is 10.8 Å². The van der Waals surface area contributed by atoms with Crippen molar-refractivity contribution < 1.29 is 0 Å². The van der Waals surface area contributed by atoms with Crippen molar-refractivity contribution in [1.29, 1.82) is 10.5 Å². The molecule has 0 aliphatic carbocycles. The van der Waals surface area contributed by atoms with Gasteiger partial charge in [-0.15, -0.1) is 0 Å². The molecule has 0 unspecified atom stereocenters. The molecule has 0 N–H and O–H groups in total. The quantitative estimate of drug-likeness (QED) is 0.807. The lowest BCUT2D eigenvalue weighted by atomic mass is 9.93. The largest absolute Gasteiger partial charge is 0.192 e. The highest BCUT2D eigenvalue weighted by molar-refractivity contribution is 5.91. The molecule has 0 fully saturated rings. The third-order valence-corrected chi connectivity index (χ3v) is 3.15. The van der Waals surface area contributed by atoms with Crippen LogP contribution in [0.2, 0.25) is 0 Å². The molecule has 0 radical (unpaired) electrons. The highest BCUT2D eigenvalue weighted by Gasteiger charge is 2.12. The fourth-order valence-electron chi connectivity index (χ4n) is 2.21. The van der Waals surface area contributed by atoms with E-state index in [-0.39, 0.29) is 0 Å². The smallest absolute Gasteiger partial charge is 0.101 e. The lowest BCUT2D eigenvalue weighted by Crippen LogP contribution is -1.96. The predicted octanol–water partition coefficient (Wildman–Crippen LogP) is 3.93. The van der Waals surface area contributed by atoms with Gasteiger partial charge in [-0.05, 0) is 29.9 Å². The molecule has 0 amide bonds. The van der Waals surface area contributed by atoms with Gasteiger partial charge in [0.25, 0.3) is 0 Å². The highest BCUT2D eigenvalue weighted by atomic mass is 14.3. The van der Waals surface area contributed by atoms with E-state index >= 15 is 0 Å². The van der Waals surface area contributed by atoms with Crippen LogP contribution in [0.4, 0.5) is 0 Å². The highest BCUT2D eigenvalue weighted by Crippen LogP contribution is 2.26. The number of hydrogen-bond acceptors (Lipinski definition) is 2. The molecule has 2 heteroatoms. The molecule has 2 aromatic rings. The maximum atomic E-state index is 9.30. The van der Waals surface area contributed by atoms with Crippen molar-refractivity contribution in [2.24, 2.45) is 0 Å². The van der Waals surface area contributed by atoms with Gasteiger partial charge in [0.1, 0.15) is 12.1 Å². The van der Waals surface area contributed by atoms with Gasteiger partial charge < -0.3 is 0 Å². The summed E-state index contributed by atoms with van der Waals surface area (Å²) >= 11 is 0. The Morgan fingerprint density at radius 1 is 1.06 bits per heavy atom. The summed E-state index contributed by atoms with van der Waals surface area (Å²) in [5.74, 6) is 0. The second kappa shape index (κ2) is 5.34. The zero-order valence-electron chi connectivity index (χ0n) is 10.4. The minimum atomic E-state index is 0.515. The molecule has 88 valence electrons. The van der Waals surface area contributed by atoms with Crippen molar-refractivity contribution in [3.63, 3.8) is 0 Å². The first-order chi connectivity index (χ1) is 8.81. The minimum Gasteiger partial charge on any atom is -0.192 e. The van der Waals surface area contributed by atoms with Crippen LogP contribution in [-0.2, 0) is 6.42 Å². The molecule has 0 atom stereocenters. The van der Waals surface area contributed by atoms with Gasteiger partial charge in [0.2, 0.25) is 0 Å². The number of aryl methyl sites for hydroxylation is 1. The van der Waals surface area contributed by atoms with E-state index in [0.717, 1.165) is 35.6 Å². The Morgan fingerprint density at radius 3 is 2.44 bits per heavy atom. The van der Waals surface area contributed by atoms with E-state index in [0.29, 0.717) is 11.1 Å². The van der Waals surface area contributed by atoms with Gasteiger partial charge in [0, 0.05) is 5.39 Å². The molecule has 2 rings (SSSR count). The number of hydrogen-bond donors (Lipinski definition) is 0. The Labute approximate surface area is 107 Å². The van der Waals surface area contributed by atoms with E-state index < -0.39 is 0 Å².